The fourth-order valence-corrected chi connectivity index (χ4v) is 5.69. The maximum atomic E-state index is 12.9. The highest BCUT2D eigenvalue weighted by Gasteiger charge is 2.23. The summed E-state index contributed by atoms with van der Waals surface area (Å²) in [5.74, 6) is 0.572. The van der Waals surface area contributed by atoms with E-state index in [2.05, 4.69) is 15.5 Å². The highest BCUT2D eigenvalue weighted by atomic mass is 32.2. The van der Waals surface area contributed by atoms with Gasteiger partial charge in [0.1, 0.15) is 0 Å². The Morgan fingerprint density at radius 1 is 1.09 bits per heavy atom. The summed E-state index contributed by atoms with van der Waals surface area (Å²) in [6.45, 7) is 8.39. The van der Waals surface area contributed by atoms with Crippen LogP contribution in [0.1, 0.15) is 25.0 Å². The molecule has 2 aromatic carbocycles. The molecule has 0 aliphatic heterocycles. The predicted molar refractivity (Wildman–Crippen MR) is 132 cm³/mol. The summed E-state index contributed by atoms with van der Waals surface area (Å²) in [4.78, 5) is 12.6. The summed E-state index contributed by atoms with van der Waals surface area (Å²) >= 11 is 1.27. The summed E-state index contributed by atoms with van der Waals surface area (Å²) < 4.78 is 28.9. The van der Waals surface area contributed by atoms with E-state index in [4.69, 9.17) is 0 Å². The Bertz CT molecular complexity index is 1250. The van der Waals surface area contributed by atoms with Crippen LogP contribution in [-0.4, -0.2) is 52.2 Å². The molecule has 1 amide bonds. The number of benzene rings is 2. The van der Waals surface area contributed by atoms with Crippen molar-refractivity contribution in [2.75, 3.05) is 24.2 Å². The van der Waals surface area contributed by atoms with Gasteiger partial charge in [0.15, 0.2) is 11.0 Å². The van der Waals surface area contributed by atoms with E-state index in [1.807, 2.05) is 45.9 Å². The molecule has 0 aliphatic rings. The number of nitrogens with zero attached hydrogens (tertiary/aromatic N) is 4. The first kappa shape index (κ1) is 24.9. The van der Waals surface area contributed by atoms with E-state index < -0.39 is 10.0 Å². The number of carbonyl (C=O) groups excluding carboxylic acids is 1. The molecule has 1 aromatic heterocycles. The standard InChI is InChI=1S/C23H29N5O3S2/c1-6-28(7-2)33(30,31)19-10-8-9-18(14-19)22-25-26-23(27(22)5)32-15-21(29)24-20-12-11-16(3)13-17(20)4/h8-14H,6-7,15H2,1-5H3,(H,24,29). The first-order chi connectivity index (χ1) is 15.7. The molecule has 0 saturated heterocycles. The first-order valence-electron chi connectivity index (χ1n) is 10.7. The monoisotopic (exact) mass is 487 g/mol. The van der Waals surface area contributed by atoms with E-state index >= 15 is 0 Å². The molecule has 1 heterocycles. The molecule has 0 aliphatic carbocycles. The lowest BCUT2D eigenvalue weighted by atomic mass is 10.1. The number of anilines is 1. The normalized spacial score (nSPS) is 11.7. The van der Waals surface area contributed by atoms with E-state index in [0.717, 1.165) is 16.8 Å². The number of thioether (sulfide) groups is 1. The molecule has 0 radical (unpaired) electrons. The van der Waals surface area contributed by atoms with Crippen molar-refractivity contribution in [1.29, 1.82) is 0 Å². The number of sulfonamides is 1. The molecule has 0 fully saturated rings. The number of hydrogen-bond acceptors (Lipinski definition) is 6. The number of carbonyl (C=O) groups is 1. The Hall–Kier alpha value is -2.69. The van der Waals surface area contributed by atoms with Crippen molar-refractivity contribution >= 4 is 33.4 Å². The van der Waals surface area contributed by atoms with Gasteiger partial charge in [0, 0.05) is 31.4 Å². The molecule has 0 spiro atoms. The van der Waals surface area contributed by atoms with Crippen molar-refractivity contribution in [1.82, 2.24) is 19.1 Å². The summed E-state index contributed by atoms with van der Waals surface area (Å²) in [5, 5.41) is 11.9. The van der Waals surface area contributed by atoms with Gasteiger partial charge in [-0.2, -0.15) is 4.31 Å². The van der Waals surface area contributed by atoms with Crippen molar-refractivity contribution in [2.45, 2.75) is 37.7 Å². The Kier molecular flexibility index (Phi) is 7.93. The van der Waals surface area contributed by atoms with Gasteiger partial charge in [-0.15, -0.1) is 10.2 Å². The molecule has 8 nitrogen and oxygen atoms in total. The fourth-order valence-electron chi connectivity index (χ4n) is 3.47. The SMILES string of the molecule is CCN(CC)S(=O)(=O)c1cccc(-c2nnc(SCC(=O)Nc3ccc(C)cc3C)n2C)c1. The van der Waals surface area contributed by atoms with Gasteiger partial charge in [0.05, 0.1) is 10.6 Å². The lowest BCUT2D eigenvalue weighted by Gasteiger charge is -2.18. The van der Waals surface area contributed by atoms with Crippen LogP contribution >= 0.6 is 11.8 Å². The number of rotatable bonds is 9. The lowest BCUT2D eigenvalue weighted by molar-refractivity contribution is -0.113. The molecule has 1 N–H and O–H groups in total. The van der Waals surface area contributed by atoms with Crippen LogP contribution in [0.15, 0.2) is 52.5 Å². The minimum absolute atomic E-state index is 0.135. The number of nitrogens with one attached hydrogen (secondary N) is 1. The predicted octanol–water partition coefficient (Wildman–Crippen LogP) is 3.86. The van der Waals surface area contributed by atoms with E-state index in [9.17, 15) is 13.2 Å². The van der Waals surface area contributed by atoms with Crippen LogP contribution in [0.4, 0.5) is 5.69 Å². The molecular weight excluding hydrogens is 458 g/mol. The van der Waals surface area contributed by atoms with Gasteiger partial charge < -0.3 is 9.88 Å². The molecule has 33 heavy (non-hydrogen) atoms. The molecule has 3 aromatic rings. The number of hydrogen-bond donors (Lipinski definition) is 1. The average molecular weight is 488 g/mol. The molecule has 0 unspecified atom stereocenters. The van der Waals surface area contributed by atoms with Crippen LogP contribution < -0.4 is 5.32 Å². The average Bonchev–Trinajstić information content (AvgIpc) is 3.15. The third-order valence-corrected chi connectivity index (χ3v) is 8.32. The molecule has 0 bridgehead atoms. The van der Waals surface area contributed by atoms with Crippen molar-refractivity contribution in [3.8, 4) is 11.4 Å². The van der Waals surface area contributed by atoms with Crippen molar-refractivity contribution in [3.63, 3.8) is 0 Å². The second kappa shape index (κ2) is 10.5. The summed E-state index contributed by atoms with van der Waals surface area (Å²) in [7, 11) is -1.78. The molecule has 3 rings (SSSR count). The molecule has 0 saturated carbocycles. The number of aryl methyl sites for hydroxylation is 2. The third kappa shape index (κ3) is 5.63. The summed E-state index contributed by atoms with van der Waals surface area (Å²) in [6.07, 6.45) is 0. The van der Waals surface area contributed by atoms with Crippen LogP contribution in [0.25, 0.3) is 11.4 Å². The zero-order chi connectivity index (χ0) is 24.2. The molecule has 10 heteroatoms. The number of amides is 1. The van der Waals surface area contributed by atoms with Crippen LogP contribution in [0.3, 0.4) is 0 Å². The topological polar surface area (TPSA) is 97.2 Å². The van der Waals surface area contributed by atoms with Gasteiger partial charge in [-0.05, 0) is 37.6 Å². The van der Waals surface area contributed by atoms with Gasteiger partial charge in [-0.3, -0.25) is 4.79 Å². The van der Waals surface area contributed by atoms with Crippen LogP contribution in [0.2, 0.25) is 0 Å². The van der Waals surface area contributed by atoms with Crippen LogP contribution in [-0.2, 0) is 21.9 Å². The van der Waals surface area contributed by atoms with E-state index in [0.29, 0.717) is 29.6 Å². The van der Waals surface area contributed by atoms with Crippen LogP contribution in [0.5, 0.6) is 0 Å². The summed E-state index contributed by atoms with van der Waals surface area (Å²) in [6, 6.07) is 12.6. The Morgan fingerprint density at radius 3 is 2.48 bits per heavy atom. The quantitative estimate of drug-likeness (QED) is 0.460. The maximum absolute atomic E-state index is 12.9. The summed E-state index contributed by atoms with van der Waals surface area (Å²) in [5.41, 5.74) is 3.58. The maximum Gasteiger partial charge on any atom is 0.243 e. The van der Waals surface area contributed by atoms with Gasteiger partial charge in [-0.1, -0.05) is 55.4 Å². The molecular formula is C23H29N5O3S2. The van der Waals surface area contributed by atoms with E-state index in [-0.39, 0.29) is 16.6 Å². The second-order valence-electron chi connectivity index (χ2n) is 7.64. The van der Waals surface area contributed by atoms with E-state index in [1.165, 1.54) is 16.1 Å². The highest BCUT2D eigenvalue weighted by Crippen LogP contribution is 2.26. The second-order valence-corrected chi connectivity index (χ2v) is 10.5. The van der Waals surface area contributed by atoms with Crippen molar-refractivity contribution in [3.05, 3.63) is 53.6 Å². The number of aromatic nitrogens is 3. The largest absolute Gasteiger partial charge is 0.325 e. The van der Waals surface area contributed by atoms with Crippen molar-refractivity contribution < 1.29 is 13.2 Å². The fraction of sp³-hybridized carbons (Fsp3) is 0.348. The Labute approximate surface area is 199 Å². The van der Waals surface area contributed by atoms with Gasteiger partial charge >= 0.3 is 0 Å². The van der Waals surface area contributed by atoms with Gasteiger partial charge in [0.25, 0.3) is 0 Å². The zero-order valence-electron chi connectivity index (χ0n) is 19.5. The smallest absolute Gasteiger partial charge is 0.243 e. The third-order valence-electron chi connectivity index (χ3n) is 5.26. The first-order valence-corrected chi connectivity index (χ1v) is 13.1. The Balaban J connectivity index is 1.74. The molecule has 176 valence electrons. The zero-order valence-corrected chi connectivity index (χ0v) is 21.1. The minimum Gasteiger partial charge on any atom is -0.325 e. The minimum atomic E-state index is -3.58. The van der Waals surface area contributed by atoms with Gasteiger partial charge in [0.2, 0.25) is 15.9 Å². The lowest BCUT2D eigenvalue weighted by Crippen LogP contribution is -2.30. The van der Waals surface area contributed by atoms with Crippen molar-refractivity contribution in [2.24, 2.45) is 7.05 Å². The highest BCUT2D eigenvalue weighted by molar-refractivity contribution is 7.99. The van der Waals surface area contributed by atoms with Gasteiger partial charge in [-0.25, -0.2) is 8.42 Å². The Morgan fingerprint density at radius 2 is 1.82 bits per heavy atom. The van der Waals surface area contributed by atoms with E-state index in [1.54, 1.807) is 35.9 Å². The van der Waals surface area contributed by atoms with Crippen LogP contribution in [0, 0.1) is 13.8 Å². The molecule has 0 atom stereocenters.